The Morgan fingerprint density at radius 3 is 2.61 bits per heavy atom. The van der Waals surface area contributed by atoms with Gasteiger partial charge in [-0.2, -0.15) is 0 Å². The summed E-state index contributed by atoms with van der Waals surface area (Å²) in [7, 11) is 0. The fourth-order valence-corrected chi connectivity index (χ4v) is 8.65. The van der Waals surface area contributed by atoms with Crippen molar-refractivity contribution in [3.05, 3.63) is 0 Å². The van der Waals surface area contributed by atoms with E-state index in [1.165, 1.54) is 0 Å². The second-order valence-electron chi connectivity index (χ2n) is 9.87. The lowest BCUT2D eigenvalue weighted by atomic mass is 9.66. The minimum absolute atomic E-state index is 0.0426. The molecule has 0 radical (unpaired) electrons. The number of morpholine rings is 1. The van der Waals surface area contributed by atoms with E-state index in [-0.39, 0.29) is 35.5 Å². The van der Waals surface area contributed by atoms with Crippen LogP contribution in [0, 0.1) is 17.8 Å². The molecule has 0 aromatic carbocycles. The van der Waals surface area contributed by atoms with Gasteiger partial charge in [-0.3, -0.25) is 19.3 Å². The molecule has 0 aromatic rings. The van der Waals surface area contributed by atoms with Crippen LogP contribution in [0.1, 0.15) is 33.6 Å². The highest BCUT2D eigenvalue weighted by Crippen LogP contribution is 2.68. The van der Waals surface area contributed by atoms with Crippen molar-refractivity contribution in [2.75, 3.05) is 52.5 Å². The number of carbonyl (C=O) groups is 3. The van der Waals surface area contributed by atoms with Crippen molar-refractivity contribution < 1.29 is 24.2 Å². The van der Waals surface area contributed by atoms with Crippen molar-refractivity contribution >= 4 is 29.5 Å². The molecule has 7 atom stereocenters. The van der Waals surface area contributed by atoms with E-state index < -0.39 is 28.7 Å². The quantitative estimate of drug-likeness (QED) is 0.413. The number of nitrogens with one attached hydrogen (secondary N) is 2. The van der Waals surface area contributed by atoms with Crippen molar-refractivity contribution in [3.63, 3.8) is 0 Å². The molecule has 9 nitrogen and oxygen atoms in total. The van der Waals surface area contributed by atoms with Crippen LogP contribution in [0.2, 0.25) is 0 Å². The Hall–Kier alpha value is -1.36. The largest absolute Gasteiger partial charge is 0.394 e. The summed E-state index contributed by atoms with van der Waals surface area (Å²) in [5, 5.41) is 16.0. The molecular formula is C23H38N4O5S. The maximum Gasteiger partial charge on any atom is 0.244 e. The van der Waals surface area contributed by atoms with Crippen molar-refractivity contribution in [3.8, 4) is 0 Å². The van der Waals surface area contributed by atoms with Crippen LogP contribution in [0.15, 0.2) is 0 Å². The Morgan fingerprint density at radius 1 is 1.24 bits per heavy atom. The van der Waals surface area contributed by atoms with Crippen LogP contribution in [-0.2, 0) is 19.1 Å². The third-order valence-corrected chi connectivity index (χ3v) is 9.93. The molecule has 3 unspecified atom stereocenters. The average Bonchev–Trinajstić information content (AvgIpc) is 3.41. The van der Waals surface area contributed by atoms with E-state index in [0.29, 0.717) is 26.3 Å². The second kappa shape index (κ2) is 10.1. The molecule has 4 aliphatic rings. The number of likely N-dealkylation sites (tertiary alicyclic amines) is 1. The summed E-state index contributed by atoms with van der Waals surface area (Å²) < 4.78 is 4.75. The first-order chi connectivity index (χ1) is 15.9. The summed E-state index contributed by atoms with van der Waals surface area (Å²) in [5.41, 5.74) is 0. The number of aliphatic hydroxyl groups is 1. The third-order valence-electron chi connectivity index (χ3n) is 7.85. The predicted octanol–water partition coefficient (Wildman–Crippen LogP) is -0.321. The topological polar surface area (TPSA) is 111 Å². The van der Waals surface area contributed by atoms with Crippen molar-refractivity contribution in [2.24, 2.45) is 17.8 Å². The molecular weight excluding hydrogens is 444 g/mol. The summed E-state index contributed by atoms with van der Waals surface area (Å²) in [6.07, 6.45) is 1.65. The van der Waals surface area contributed by atoms with Gasteiger partial charge in [-0.1, -0.05) is 13.8 Å². The first-order valence-corrected chi connectivity index (χ1v) is 13.2. The van der Waals surface area contributed by atoms with E-state index in [1.54, 1.807) is 23.6 Å². The number of aliphatic hydroxyl groups excluding tert-OH is 1. The number of carbonyl (C=O) groups excluding carboxylic acids is 3. The first kappa shape index (κ1) is 24.8. The molecule has 4 saturated heterocycles. The fraction of sp³-hybridized carbons (Fsp3) is 0.870. The molecule has 3 amide bonds. The van der Waals surface area contributed by atoms with Crippen molar-refractivity contribution in [1.82, 2.24) is 20.4 Å². The zero-order chi connectivity index (χ0) is 23.8. The zero-order valence-electron chi connectivity index (χ0n) is 19.9. The molecule has 4 aliphatic heterocycles. The third kappa shape index (κ3) is 4.17. The highest BCUT2D eigenvalue weighted by atomic mass is 32.2. The van der Waals surface area contributed by atoms with Gasteiger partial charge >= 0.3 is 0 Å². The van der Waals surface area contributed by atoms with Crippen molar-refractivity contribution in [2.45, 2.75) is 55.7 Å². The molecule has 1 spiro atoms. The molecule has 2 bridgehead atoms. The molecule has 0 saturated carbocycles. The Bertz CT molecular complexity index is 763. The minimum atomic E-state index is -0.684. The monoisotopic (exact) mass is 482 g/mol. The van der Waals surface area contributed by atoms with Gasteiger partial charge in [0.25, 0.3) is 0 Å². The molecule has 33 heavy (non-hydrogen) atoms. The second-order valence-corrected chi connectivity index (χ2v) is 11.4. The summed E-state index contributed by atoms with van der Waals surface area (Å²) in [6, 6.07) is -1.17. The van der Waals surface area contributed by atoms with E-state index in [2.05, 4.69) is 22.5 Å². The number of thioether (sulfide) groups is 1. The van der Waals surface area contributed by atoms with Gasteiger partial charge in [0.05, 0.1) is 42.4 Å². The van der Waals surface area contributed by atoms with Crippen LogP contribution in [-0.4, -0.2) is 107 Å². The van der Waals surface area contributed by atoms with Gasteiger partial charge in [0.1, 0.15) is 6.04 Å². The predicted molar refractivity (Wildman–Crippen MR) is 126 cm³/mol. The number of hydrogen-bond donors (Lipinski definition) is 3. The van der Waals surface area contributed by atoms with Gasteiger partial charge in [-0.05, 0) is 25.7 Å². The number of ether oxygens (including phenoxy) is 1. The summed E-state index contributed by atoms with van der Waals surface area (Å²) in [6.45, 7) is 10.6. The van der Waals surface area contributed by atoms with Crippen LogP contribution in [0.25, 0.3) is 0 Å². The van der Waals surface area contributed by atoms with Crippen LogP contribution in [0.4, 0.5) is 0 Å². The molecule has 4 fully saturated rings. The lowest BCUT2D eigenvalue weighted by Gasteiger charge is -2.39. The normalized spacial score (nSPS) is 36.7. The summed E-state index contributed by atoms with van der Waals surface area (Å²) >= 11 is 1.67. The molecule has 0 aliphatic carbocycles. The molecule has 3 N–H and O–H groups in total. The first-order valence-electron chi connectivity index (χ1n) is 12.3. The van der Waals surface area contributed by atoms with Gasteiger partial charge in [-0.25, -0.2) is 0 Å². The van der Waals surface area contributed by atoms with Gasteiger partial charge in [0, 0.05) is 38.0 Å². The number of amides is 3. The van der Waals surface area contributed by atoms with E-state index in [9.17, 15) is 19.5 Å². The average molecular weight is 483 g/mol. The van der Waals surface area contributed by atoms with E-state index >= 15 is 0 Å². The minimum Gasteiger partial charge on any atom is -0.394 e. The van der Waals surface area contributed by atoms with Crippen LogP contribution < -0.4 is 10.6 Å². The number of nitrogens with zero attached hydrogens (tertiary/aromatic N) is 2. The Labute approximate surface area is 200 Å². The van der Waals surface area contributed by atoms with Gasteiger partial charge in [0.15, 0.2) is 0 Å². The highest BCUT2D eigenvalue weighted by Gasteiger charge is 2.76. The zero-order valence-corrected chi connectivity index (χ0v) is 20.7. The number of rotatable bonds is 9. The van der Waals surface area contributed by atoms with Gasteiger partial charge < -0.3 is 25.4 Å². The van der Waals surface area contributed by atoms with Crippen LogP contribution >= 0.6 is 11.8 Å². The Morgan fingerprint density at radius 2 is 1.94 bits per heavy atom. The van der Waals surface area contributed by atoms with Gasteiger partial charge in [0.2, 0.25) is 17.7 Å². The van der Waals surface area contributed by atoms with Crippen LogP contribution in [0.3, 0.4) is 0 Å². The lowest BCUT2D eigenvalue weighted by molar-refractivity contribution is -0.142. The van der Waals surface area contributed by atoms with E-state index in [1.807, 2.05) is 6.92 Å². The Kier molecular flexibility index (Phi) is 7.57. The fourth-order valence-electron chi connectivity index (χ4n) is 6.25. The maximum absolute atomic E-state index is 13.8. The summed E-state index contributed by atoms with van der Waals surface area (Å²) in [4.78, 5) is 44.3. The SMILES string of the molecule is CCCNC(=O)[C@@H]1[C@@H]2CC(C)C3(S2)C(C(=O)NCCN2CCOCC2)N([C@H](C)CO)C(=O)[C@H]13. The standard InChI is InChI=1S/C23H38N4O5S/c1-4-5-24-20(29)17-16-12-14(2)23(33-16)18(17)22(31)27(15(3)13-28)19(23)21(30)25-6-7-26-8-10-32-11-9-26/h14-19,28H,4-13H2,1-3H3,(H,24,29)(H,25,30)/t14?,15-,16+,17-,18+,19?,23?/m1/s1. The molecule has 4 heterocycles. The molecule has 0 aromatic heterocycles. The van der Waals surface area contributed by atoms with Crippen molar-refractivity contribution in [1.29, 1.82) is 0 Å². The van der Waals surface area contributed by atoms with Gasteiger partial charge in [-0.15, -0.1) is 11.8 Å². The molecule has 4 rings (SSSR count). The number of fused-ring (bicyclic) bond motifs is 1. The highest BCUT2D eigenvalue weighted by molar-refractivity contribution is 8.02. The van der Waals surface area contributed by atoms with E-state index in [4.69, 9.17) is 4.74 Å². The molecule has 10 heteroatoms. The molecule has 186 valence electrons. The Balaban J connectivity index is 1.57. The lowest BCUT2D eigenvalue weighted by Crippen LogP contribution is -2.58. The smallest absolute Gasteiger partial charge is 0.244 e. The number of hydrogen-bond acceptors (Lipinski definition) is 7. The maximum atomic E-state index is 13.8. The summed E-state index contributed by atoms with van der Waals surface area (Å²) in [5.74, 6) is -1.24. The van der Waals surface area contributed by atoms with Crippen LogP contribution in [0.5, 0.6) is 0 Å². The van der Waals surface area contributed by atoms with E-state index in [0.717, 1.165) is 32.5 Å².